The molecule has 2 aromatic rings. The minimum Gasteiger partial charge on any atom is -0.484 e. The van der Waals surface area contributed by atoms with Crippen LogP contribution in [0.5, 0.6) is 5.75 Å². The molecule has 0 aliphatic rings. The summed E-state index contributed by atoms with van der Waals surface area (Å²) >= 11 is 3.46. The van der Waals surface area contributed by atoms with E-state index in [0.717, 1.165) is 27.6 Å². The second-order valence-corrected chi connectivity index (χ2v) is 8.67. The lowest BCUT2D eigenvalue weighted by molar-refractivity contribution is -0.142. The van der Waals surface area contributed by atoms with Crippen LogP contribution in [0.1, 0.15) is 43.9 Å². The first kappa shape index (κ1) is 23.9. The van der Waals surface area contributed by atoms with Gasteiger partial charge in [0.15, 0.2) is 6.61 Å². The van der Waals surface area contributed by atoms with Gasteiger partial charge in [-0.2, -0.15) is 0 Å². The number of aryl methyl sites for hydroxylation is 2. The smallest absolute Gasteiger partial charge is 0.261 e. The highest BCUT2D eigenvalue weighted by Gasteiger charge is 2.27. The summed E-state index contributed by atoms with van der Waals surface area (Å²) in [5.74, 6) is 0.250. The number of carbonyl (C=O) groups is 2. The average molecular weight is 475 g/mol. The highest BCUT2D eigenvalue weighted by molar-refractivity contribution is 9.10. The van der Waals surface area contributed by atoms with Crippen LogP contribution in [0.25, 0.3) is 0 Å². The highest BCUT2D eigenvalue weighted by atomic mass is 79.9. The van der Waals surface area contributed by atoms with Crippen molar-refractivity contribution in [3.63, 3.8) is 0 Å². The number of hydrogen-bond acceptors (Lipinski definition) is 3. The molecule has 30 heavy (non-hydrogen) atoms. The van der Waals surface area contributed by atoms with Gasteiger partial charge in [-0.15, -0.1) is 0 Å². The SMILES string of the molecule is CC[C@@H](C)NC(=O)[C@H](C)N(Cc1cccc(Br)c1)C(=O)COc1cc(C)cc(C)c1. The first-order valence-corrected chi connectivity index (χ1v) is 11.0. The molecule has 6 heteroatoms. The first-order valence-electron chi connectivity index (χ1n) is 10.2. The fraction of sp³-hybridized carbons (Fsp3) is 0.417. The zero-order valence-electron chi connectivity index (χ0n) is 18.4. The monoisotopic (exact) mass is 474 g/mol. The van der Waals surface area contributed by atoms with Crippen molar-refractivity contribution in [2.24, 2.45) is 0 Å². The molecule has 5 nitrogen and oxygen atoms in total. The Morgan fingerprint density at radius 1 is 1.10 bits per heavy atom. The third kappa shape index (κ3) is 7.17. The molecular formula is C24H31BrN2O3. The van der Waals surface area contributed by atoms with Gasteiger partial charge in [0.05, 0.1) is 0 Å². The summed E-state index contributed by atoms with van der Waals surface area (Å²) in [7, 11) is 0. The van der Waals surface area contributed by atoms with Gasteiger partial charge in [0.25, 0.3) is 5.91 Å². The fourth-order valence-electron chi connectivity index (χ4n) is 3.12. The third-order valence-corrected chi connectivity index (χ3v) is 5.46. The largest absolute Gasteiger partial charge is 0.484 e. The van der Waals surface area contributed by atoms with Gasteiger partial charge in [0.1, 0.15) is 11.8 Å². The van der Waals surface area contributed by atoms with Crippen molar-refractivity contribution in [2.75, 3.05) is 6.61 Å². The van der Waals surface area contributed by atoms with Gasteiger partial charge in [-0.1, -0.05) is 41.1 Å². The Balaban J connectivity index is 2.17. The molecule has 2 rings (SSSR count). The van der Waals surface area contributed by atoms with E-state index in [2.05, 4.69) is 27.3 Å². The van der Waals surface area contributed by atoms with Crippen molar-refractivity contribution >= 4 is 27.7 Å². The predicted octanol–water partition coefficient (Wildman–Crippen LogP) is 4.78. The van der Waals surface area contributed by atoms with E-state index < -0.39 is 6.04 Å². The molecule has 0 aliphatic heterocycles. The van der Waals surface area contributed by atoms with Crippen molar-refractivity contribution in [2.45, 2.75) is 59.7 Å². The van der Waals surface area contributed by atoms with Crippen LogP contribution in [0.2, 0.25) is 0 Å². The lowest BCUT2D eigenvalue weighted by atomic mass is 10.1. The van der Waals surface area contributed by atoms with Crippen molar-refractivity contribution in [3.8, 4) is 5.75 Å². The molecule has 0 heterocycles. The zero-order valence-corrected chi connectivity index (χ0v) is 20.0. The third-order valence-electron chi connectivity index (χ3n) is 4.97. The minimum absolute atomic E-state index is 0.0503. The van der Waals surface area contributed by atoms with Gasteiger partial charge in [-0.25, -0.2) is 0 Å². The van der Waals surface area contributed by atoms with E-state index in [-0.39, 0.29) is 24.5 Å². The molecule has 2 amide bonds. The first-order chi connectivity index (χ1) is 14.2. The summed E-state index contributed by atoms with van der Waals surface area (Å²) in [6.07, 6.45) is 0.827. The Morgan fingerprint density at radius 2 is 1.77 bits per heavy atom. The molecule has 0 saturated carbocycles. The standard InChI is InChI=1S/C24H31BrN2O3/c1-6-18(4)26-24(29)19(5)27(14-20-8-7-9-21(25)13-20)23(28)15-30-22-11-16(2)10-17(3)12-22/h7-13,18-19H,6,14-15H2,1-5H3,(H,26,29)/t18-,19+/m1/s1. The summed E-state index contributed by atoms with van der Waals surface area (Å²) in [5, 5.41) is 2.97. The Morgan fingerprint density at radius 3 is 2.37 bits per heavy atom. The number of carbonyl (C=O) groups excluding carboxylic acids is 2. The number of halogens is 1. The number of rotatable bonds is 9. The van der Waals surface area contributed by atoms with Crippen LogP contribution >= 0.6 is 15.9 Å². The molecule has 0 spiro atoms. The maximum absolute atomic E-state index is 13.1. The van der Waals surface area contributed by atoms with Crippen LogP contribution in [-0.2, 0) is 16.1 Å². The normalized spacial score (nSPS) is 12.7. The summed E-state index contributed by atoms with van der Waals surface area (Å²) in [6.45, 7) is 9.89. The van der Waals surface area contributed by atoms with Crippen LogP contribution in [0.3, 0.4) is 0 Å². The molecule has 2 aromatic carbocycles. The number of nitrogens with one attached hydrogen (secondary N) is 1. The van der Waals surface area contributed by atoms with Crippen molar-refractivity contribution in [1.82, 2.24) is 10.2 Å². The molecule has 2 atom stereocenters. The molecule has 0 saturated heterocycles. The molecule has 0 radical (unpaired) electrons. The van der Waals surface area contributed by atoms with Gasteiger partial charge in [-0.3, -0.25) is 9.59 Å². The van der Waals surface area contributed by atoms with Gasteiger partial charge in [-0.05, 0) is 75.1 Å². The van der Waals surface area contributed by atoms with Crippen LogP contribution in [-0.4, -0.2) is 35.4 Å². The van der Waals surface area contributed by atoms with Gasteiger partial charge >= 0.3 is 0 Å². The van der Waals surface area contributed by atoms with Crippen LogP contribution in [0.4, 0.5) is 0 Å². The zero-order chi connectivity index (χ0) is 22.3. The number of amides is 2. The number of ether oxygens (including phenoxy) is 1. The Labute approximate surface area is 187 Å². The van der Waals surface area contributed by atoms with Crippen LogP contribution in [0.15, 0.2) is 46.9 Å². The van der Waals surface area contributed by atoms with Crippen molar-refractivity contribution in [3.05, 3.63) is 63.6 Å². The van der Waals surface area contributed by atoms with E-state index in [1.54, 1.807) is 11.8 Å². The fourth-order valence-corrected chi connectivity index (χ4v) is 3.57. The quantitative estimate of drug-likeness (QED) is 0.568. The molecule has 1 N–H and O–H groups in total. The summed E-state index contributed by atoms with van der Waals surface area (Å²) < 4.78 is 6.70. The minimum atomic E-state index is -0.617. The summed E-state index contributed by atoms with van der Waals surface area (Å²) in [4.78, 5) is 27.4. The maximum Gasteiger partial charge on any atom is 0.261 e. The van der Waals surface area contributed by atoms with E-state index in [9.17, 15) is 9.59 Å². The van der Waals surface area contributed by atoms with Gasteiger partial charge in [0, 0.05) is 17.1 Å². The number of nitrogens with zero attached hydrogens (tertiary/aromatic N) is 1. The molecule has 0 bridgehead atoms. The Bertz CT molecular complexity index is 864. The molecule has 162 valence electrons. The van der Waals surface area contributed by atoms with E-state index in [0.29, 0.717) is 12.3 Å². The molecular weight excluding hydrogens is 444 g/mol. The van der Waals surface area contributed by atoms with E-state index in [4.69, 9.17) is 4.74 Å². The lowest BCUT2D eigenvalue weighted by Crippen LogP contribution is -2.50. The Kier molecular flexibility index (Phi) is 8.90. The lowest BCUT2D eigenvalue weighted by Gasteiger charge is -2.29. The second-order valence-electron chi connectivity index (χ2n) is 7.76. The van der Waals surface area contributed by atoms with Crippen molar-refractivity contribution < 1.29 is 14.3 Å². The topological polar surface area (TPSA) is 58.6 Å². The highest BCUT2D eigenvalue weighted by Crippen LogP contribution is 2.18. The number of hydrogen-bond donors (Lipinski definition) is 1. The van der Waals surface area contributed by atoms with E-state index >= 15 is 0 Å². The van der Waals surface area contributed by atoms with E-state index in [1.165, 1.54) is 0 Å². The van der Waals surface area contributed by atoms with Crippen molar-refractivity contribution in [1.29, 1.82) is 0 Å². The number of benzene rings is 2. The predicted molar refractivity (Wildman–Crippen MR) is 123 cm³/mol. The maximum atomic E-state index is 13.1. The molecule has 0 fully saturated rings. The van der Waals surface area contributed by atoms with Crippen LogP contribution in [0, 0.1) is 13.8 Å². The van der Waals surface area contributed by atoms with E-state index in [1.807, 2.05) is 64.1 Å². The van der Waals surface area contributed by atoms with Gasteiger partial charge < -0.3 is 15.0 Å². The second kappa shape index (κ2) is 11.2. The average Bonchev–Trinajstić information content (AvgIpc) is 2.69. The summed E-state index contributed by atoms with van der Waals surface area (Å²) in [6, 6.07) is 13.0. The molecule has 0 aromatic heterocycles. The summed E-state index contributed by atoms with van der Waals surface area (Å²) in [5.41, 5.74) is 3.08. The Hall–Kier alpha value is -2.34. The van der Waals surface area contributed by atoms with Crippen LogP contribution < -0.4 is 10.1 Å². The van der Waals surface area contributed by atoms with Gasteiger partial charge in [0.2, 0.25) is 5.91 Å². The molecule has 0 unspecified atom stereocenters. The molecule has 0 aliphatic carbocycles.